The zero-order valence-corrected chi connectivity index (χ0v) is 16.0. The van der Waals surface area contributed by atoms with Crippen molar-refractivity contribution in [3.63, 3.8) is 0 Å². The van der Waals surface area contributed by atoms with Crippen molar-refractivity contribution in [3.05, 3.63) is 34.9 Å². The van der Waals surface area contributed by atoms with Crippen molar-refractivity contribution in [2.45, 2.75) is 12.5 Å². The van der Waals surface area contributed by atoms with E-state index < -0.39 is 9.84 Å². The van der Waals surface area contributed by atoms with Gasteiger partial charge in [0.25, 0.3) is 5.91 Å². The fraction of sp³-hybridized carbons (Fsp3) is 0.529. The average molecular weight is 401 g/mol. The second-order valence-corrected chi connectivity index (χ2v) is 9.44. The van der Waals surface area contributed by atoms with E-state index in [9.17, 15) is 18.0 Å². The number of nitrogens with one attached hydrogen (secondary N) is 2. The third-order valence-corrected chi connectivity index (χ3v) is 7.18. The van der Waals surface area contributed by atoms with Crippen LogP contribution in [0.25, 0.3) is 0 Å². The summed E-state index contributed by atoms with van der Waals surface area (Å²) in [6.07, 6.45) is 0.708. The minimum atomic E-state index is -2.88. The van der Waals surface area contributed by atoms with E-state index in [0.29, 0.717) is 30.1 Å². The average Bonchev–Trinajstić information content (AvgIpc) is 3.00. The molecule has 9 heteroatoms. The number of hydrogen-bond acceptors (Lipinski definition) is 4. The van der Waals surface area contributed by atoms with Gasteiger partial charge in [-0.15, -0.1) is 0 Å². The van der Waals surface area contributed by atoms with Crippen LogP contribution in [0.3, 0.4) is 0 Å². The lowest BCUT2D eigenvalue weighted by Gasteiger charge is -2.35. The van der Waals surface area contributed by atoms with Gasteiger partial charge in [0, 0.05) is 6.42 Å². The molecule has 2 heterocycles. The number of amides is 2. The van der Waals surface area contributed by atoms with E-state index in [0.717, 1.165) is 13.1 Å². The molecule has 0 spiro atoms. The summed E-state index contributed by atoms with van der Waals surface area (Å²) >= 11 is 5.98. The number of carbonyl (C=O) groups excluding carboxylic acids is 2. The van der Waals surface area contributed by atoms with Gasteiger partial charge < -0.3 is 15.1 Å². The van der Waals surface area contributed by atoms with Gasteiger partial charge in [0.1, 0.15) is 11.8 Å². The lowest BCUT2D eigenvalue weighted by molar-refractivity contribution is -0.925. The molecule has 2 N–H and O–H groups in total. The Morgan fingerprint density at radius 3 is 2.54 bits per heavy atom. The number of halogens is 1. The van der Waals surface area contributed by atoms with Gasteiger partial charge in [0.15, 0.2) is 9.84 Å². The predicted molar refractivity (Wildman–Crippen MR) is 98.1 cm³/mol. The van der Waals surface area contributed by atoms with Gasteiger partial charge in [-0.1, -0.05) is 23.7 Å². The van der Waals surface area contributed by atoms with Crippen molar-refractivity contribution < 1.29 is 22.9 Å². The number of piperazine rings is 1. The zero-order valence-electron chi connectivity index (χ0n) is 14.4. The molecule has 2 fully saturated rings. The van der Waals surface area contributed by atoms with Gasteiger partial charge >= 0.3 is 0 Å². The highest BCUT2D eigenvalue weighted by Gasteiger charge is 2.37. The summed E-state index contributed by atoms with van der Waals surface area (Å²) in [4.78, 5) is 27.4. The molecule has 0 saturated carbocycles. The van der Waals surface area contributed by atoms with Crippen LogP contribution >= 0.6 is 11.6 Å². The maximum Gasteiger partial charge on any atom is 0.253 e. The lowest BCUT2D eigenvalue weighted by atomic mass is 10.2. The summed E-state index contributed by atoms with van der Waals surface area (Å²) in [6.45, 7) is 2.56. The van der Waals surface area contributed by atoms with E-state index in [-0.39, 0.29) is 35.9 Å². The van der Waals surface area contributed by atoms with E-state index in [1.807, 2.05) is 0 Å². The minimum Gasteiger partial charge on any atom is -0.343 e. The minimum absolute atomic E-state index is 0.0722. The topological polar surface area (TPSA) is 88.0 Å². The molecule has 0 aliphatic carbocycles. The fourth-order valence-corrected chi connectivity index (χ4v) is 5.62. The van der Waals surface area contributed by atoms with Crippen molar-refractivity contribution in [3.8, 4) is 0 Å². The number of sulfone groups is 1. The van der Waals surface area contributed by atoms with Gasteiger partial charge in [0.05, 0.1) is 49.1 Å². The molecule has 0 radical (unpaired) electrons. The van der Waals surface area contributed by atoms with Crippen LogP contribution in [0.1, 0.15) is 16.8 Å². The maximum absolute atomic E-state index is 12.3. The first-order valence-corrected chi connectivity index (χ1v) is 10.9. The molecule has 1 atom stereocenters. The molecule has 7 nitrogen and oxygen atoms in total. The Morgan fingerprint density at radius 1 is 1.23 bits per heavy atom. The second-order valence-electron chi connectivity index (χ2n) is 6.80. The Kier molecular flexibility index (Phi) is 5.84. The third-order valence-electron chi connectivity index (χ3n) is 5.09. The van der Waals surface area contributed by atoms with Crippen molar-refractivity contribution in [2.75, 3.05) is 44.2 Å². The smallest absolute Gasteiger partial charge is 0.253 e. The highest BCUT2D eigenvalue weighted by Crippen LogP contribution is 2.14. The van der Waals surface area contributed by atoms with E-state index in [4.69, 9.17) is 11.6 Å². The summed E-state index contributed by atoms with van der Waals surface area (Å²) in [5, 5.41) is 2.96. The first-order valence-electron chi connectivity index (χ1n) is 8.71. The number of hydrogen-bond donors (Lipinski definition) is 2. The van der Waals surface area contributed by atoms with E-state index in [1.54, 1.807) is 29.2 Å². The quantitative estimate of drug-likeness (QED) is 0.677. The van der Waals surface area contributed by atoms with Crippen molar-refractivity contribution in [1.82, 2.24) is 10.2 Å². The van der Waals surface area contributed by atoms with Gasteiger partial charge in [-0.25, -0.2) is 8.42 Å². The molecule has 1 aromatic carbocycles. The Bertz CT molecular complexity index is 791. The van der Waals surface area contributed by atoms with Crippen molar-refractivity contribution in [2.24, 2.45) is 0 Å². The third kappa shape index (κ3) is 4.55. The molecule has 0 bridgehead atoms. The summed E-state index contributed by atoms with van der Waals surface area (Å²) in [5.41, 5.74) is 0.346. The first kappa shape index (κ1) is 19.1. The van der Waals surface area contributed by atoms with Crippen molar-refractivity contribution >= 4 is 33.3 Å². The maximum atomic E-state index is 12.3. The summed E-state index contributed by atoms with van der Waals surface area (Å²) in [6, 6.07) is 6.84. The van der Waals surface area contributed by atoms with Crippen LogP contribution in [-0.4, -0.2) is 75.4 Å². The monoisotopic (exact) mass is 400 g/mol. The van der Waals surface area contributed by atoms with Gasteiger partial charge in [-0.2, -0.15) is 0 Å². The molecule has 1 aromatic rings. The zero-order chi connectivity index (χ0) is 18.7. The second kappa shape index (κ2) is 7.94. The van der Waals surface area contributed by atoms with Crippen LogP contribution in [0.4, 0.5) is 0 Å². The predicted octanol–water partition coefficient (Wildman–Crippen LogP) is -1.02. The van der Waals surface area contributed by atoms with Crippen LogP contribution in [0.15, 0.2) is 24.3 Å². The molecule has 2 aliphatic rings. The molecule has 26 heavy (non-hydrogen) atoms. The molecule has 3 rings (SSSR count). The SMILES string of the molecule is O=C(NCC(=O)N1CC[NH+]([C@@H]2CCS(=O)(=O)C2)CC1)c1ccccc1Cl. The first-order chi connectivity index (χ1) is 12.4. The molecule has 0 aromatic heterocycles. The van der Waals surface area contributed by atoms with Crippen LogP contribution in [-0.2, 0) is 14.6 Å². The number of carbonyl (C=O) groups is 2. The van der Waals surface area contributed by atoms with Gasteiger partial charge in [-0.05, 0) is 12.1 Å². The summed E-state index contributed by atoms with van der Waals surface area (Å²) in [5.74, 6) is 0.0232. The van der Waals surface area contributed by atoms with E-state index in [2.05, 4.69) is 5.32 Å². The van der Waals surface area contributed by atoms with E-state index >= 15 is 0 Å². The van der Waals surface area contributed by atoms with Gasteiger partial charge in [-0.3, -0.25) is 9.59 Å². The number of quaternary nitrogens is 1. The highest BCUT2D eigenvalue weighted by atomic mass is 35.5. The molecular weight excluding hydrogens is 378 g/mol. The van der Waals surface area contributed by atoms with Crippen LogP contribution < -0.4 is 10.2 Å². The Hall–Kier alpha value is -1.64. The normalized spacial score (nSPS) is 23.0. The molecule has 142 valence electrons. The van der Waals surface area contributed by atoms with Crippen molar-refractivity contribution in [1.29, 1.82) is 0 Å². The molecule has 2 aliphatic heterocycles. The Labute approximate surface area is 158 Å². The molecule has 0 unspecified atom stereocenters. The van der Waals surface area contributed by atoms with Crippen LogP contribution in [0.2, 0.25) is 5.02 Å². The Balaban J connectivity index is 1.45. The lowest BCUT2D eigenvalue weighted by Crippen LogP contribution is -3.18. The molecule has 2 saturated heterocycles. The number of benzene rings is 1. The largest absolute Gasteiger partial charge is 0.343 e. The van der Waals surface area contributed by atoms with Crippen LogP contribution in [0, 0.1) is 0 Å². The fourth-order valence-electron chi connectivity index (χ4n) is 3.58. The molecule has 2 amide bonds. The standard InChI is InChI=1S/C17H22ClN3O4S/c18-15-4-2-1-3-14(15)17(23)19-11-16(22)21-8-6-20(7-9-21)13-5-10-26(24,25)12-13/h1-4,13H,5-12H2,(H,19,23)/p+1/t13-/m1/s1. The summed E-state index contributed by atoms with van der Waals surface area (Å²) in [7, 11) is -2.88. The Morgan fingerprint density at radius 2 is 1.92 bits per heavy atom. The van der Waals surface area contributed by atoms with Crippen LogP contribution in [0.5, 0.6) is 0 Å². The number of rotatable bonds is 4. The molecular formula is C17H23ClN3O4S+. The van der Waals surface area contributed by atoms with E-state index in [1.165, 1.54) is 4.90 Å². The summed E-state index contributed by atoms with van der Waals surface area (Å²) < 4.78 is 23.2. The highest BCUT2D eigenvalue weighted by molar-refractivity contribution is 7.91. The number of nitrogens with zero attached hydrogens (tertiary/aromatic N) is 1. The van der Waals surface area contributed by atoms with Gasteiger partial charge in [0.2, 0.25) is 5.91 Å².